The van der Waals surface area contributed by atoms with Crippen molar-refractivity contribution in [3.05, 3.63) is 73.1 Å². The molecule has 0 unspecified atom stereocenters. The maximum Gasteiger partial charge on any atom is 0.227 e. The summed E-state index contributed by atoms with van der Waals surface area (Å²) in [7, 11) is 0. The molecule has 6 nitrogen and oxygen atoms in total. The second kappa shape index (κ2) is 6.29. The standard InChI is InChI=1S/C18H14N6/c1-2-6-13(7-3-1)14-9-11-20-16(12-14)21-18-22-17(23-24-18)15-8-4-5-10-19-15/h1-12H,(H2,20,21,22,23,24). The fourth-order valence-corrected chi connectivity index (χ4v) is 2.37. The second-order valence-corrected chi connectivity index (χ2v) is 5.16. The van der Waals surface area contributed by atoms with E-state index in [0.717, 1.165) is 16.8 Å². The van der Waals surface area contributed by atoms with Gasteiger partial charge in [0, 0.05) is 12.4 Å². The molecule has 6 heteroatoms. The number of hydrogen-bond donors (Lipinski definition) is 2. The first-order valence-corrected chi connectivity index (χ1v) is 7.51. The third kappa shape index (κ3) is 2.98. The van der Waals surface area contributed by atoms with Crippen molar-refractivity contribution in [1.29, 1.82) is 0 Å². The summed E-state index contributed by atoms with van der Waals surface area (Å²) in [5.41, 5.74) is 2.95. The number of aromatic amines is 1. The van der Waals surface area contributed by atoms with Crippen molar-refractivity contribution < 1.29 is 0 Å². The number of aromatic nitrogens is 5. The summed E-state index contributed by atoms with van der Waals surface area (Å²) in [4.78, 5) is 11.7. The minimum Gasteiger partial charge on any atom is -0.309 e. The predicted octanol–water partition coefficient (Wildman–Crippen LogP) is 3.67. The monoisotopic (exact) mass is 314 g/mol. The summed E-state index contributed by atoms with van der Waals surface area (Å²) in [6.07, 6.45) is 3.48. The van der Waals surface area contributed by atoms with E-state index >= 15 is 0 Å². The molecule has 116 valence electrons. The van der Waals surface area contributed by atoms with Gasteiger partial charge in [-0.1, -0.05) is 36.4 Å². The molecule has 2 N–H and O–H groups in total. The molecular weight excluding hydrogens is 300 g/mol. The largest absolute Gasteiger partial charge is 0.309 e. The fraction of sp³-hybridized carbons (Fsp3) is 0. The Morgan fingerprint density at radius 3 is 2.46 bits per heavy atom. The smallest absolute Gasteiger partial charge is 0.227 e. The van der Waals surface area contributed by atoms with Crippen LogP contribution in [-0.2, 0) is 0 Å². The lowest BCUT2D eigenvalue weighted by atomic mass is 10.1. The molecule has 3 heterocycles. The van der Waals surface area contributed by atoms with Crippen molar-refractivity contribution in [1.82, 2.24) is 25.1 Å². The minimum absolute atomic E-state index is 0.522. The Bertz CT molecular complexity index is 934. The SMILES string of the molecule is c1ccc(-c2ccnc(Nc3nnc(-c4ccccn4)[nH]3)c2)cc1. The van der Waals surface area contributed by atoms with Gasteiger partial charge < -0.3 is 10.3 Å². The Hall–Kier alpha value is -3.54. The molecule has 0 saturated carbocycles. The van der Waals surface area contributed by atoms with Crippen LogP contribution < -0.4 is 5.32 Å². The van der Waals surface area contributed by atoms with Gasteiger partial charge in [-0.15, -0.1) is 10.2 Å². The molecule has 3 aromatic heterocycles. The van der Waals surface area contributed by atoms with Crippen LogP contribution in [0.3, 0.4) is 0 Å². The lowest BCUT2D eigenvalue weighted by Gasteiger charge is -2.05. The maximum atomic E-state index is 4.33. The van der Waals surface area contributed by atoms with Gasteiger partial charge in [-0.25, -0.2) is 4.98 Å². The maximum absolute atomic E-state index is 4.33. The highest BCUT2D eigenvalue weighted by Crippen LogP contribution is 2.22. The molecule has 0 fully saturated rings. The van der Waals surface area contributed by atoms with Crippen LogP contribution in [0.25, 0.3) is 22.6 Å². The molecule has 0 aliphatic heterocycles. The molecule has 4 aromatic rings. The Morgan fingerprint density at radius 1 is 0.750 bits per heavy atom. The number of pyridine rings is 2. The number of H-pyrrole nitrogens is 1. The van der Waals surface area contributed by atoms with Crippen molar-refractivity contribution in [3.63, 3.8) is 0 Å². The summed E-state index contributed by atoms with van der Waals surface area (Å²) in [5.74, 6) is 1.82. The Balaban J connectivity index is 1.57. The molecule has 1 aromatic carbocycles. The van der Waals surface area contributed by atoms with Gasteiger partial charge in [0.15, 0.2) is 5.82 Å². The molecule has 0 aliphatic rings. The quantitative estimate of drug-likeness (QED) is 0.601. The molecule has 0 spiro atoms. The zero-order valence-electron chi connectivity index (χ0n) is 12.7. The third-order valence-electron chi connectivity index (χ3n) is 3.51. The van der Waals surface area contributed by atoms with E-state index in [1.807, 2.05) is 48.5 Å². The average Bonchev–Trinajstić information content (AvgIpc) is 3.12. The fourth-order valence-electron chi connectivity index (χ4n) is 2.37. The van der Waals surface area contributed by atoms with E-state index in [0.29, 0.717) is 17.6 Å². The van der Waals surface area contributed by atoms with Gasteiger partial charge in [0.1, 0.15) is 11.5 Å². The summed E-state index contributed by atoms with van der Waals surface area (Å²) in [6.45, 7) is 0. The van der Waals surface area contributed by atoms with E-state index in [1.54, 1.807) is 12.4 Å². The van der Waals surface area contributed by atoms with Crippen molar-refractivity contribution in [2.24, 2.45) is 0 Å². The normalized spacial score (nSPS) is 10.5. The van der Waals surface area contributed by atoms with Crippen LogP contribution in [0.4, 0.5) is 11.8 Å². The van der Waals surface area contributed by atoms with E-state index < -0.39 is 0 Å². The van der Waals surface area contributed by atoms with Gasteiger partial charge in [-0.2, -0.15) is 0 Å². The van der Waals surface area contributed by atoms with Gasteiger partial charge in [-0.3, -0.25) is 4.98 Å². The van der Waals surface area contributed by atoms with Crippen molar-refractivity contribution in [2.45, 2.75) is 0 Å². The van der Waals surface area contributed by atoms with Gasteiger partial charge in [-0.05, 0) is 35.4 Å². The number of nitrogens with one attached hydrogen (secondary N) is 2. The Kier molecular flexibility index (Phi) is 3.69. The van der Waals surface area contributed by atoms with Crippen LogP contribution >= 0.6 is 0 Å². The van der Waals surface area contributed by atoms with Gasteiger partial charge >= 0.3 is 0 Å². The van der Waals surface area contributed by atoms with Crippen LogP contribution in [0.5, 0.6) is 0 Å². The highest BCUT2D eigenvalue weighted by atomic mass is 15.3. The number of anilines is 2. The van der Waals surface area contributed by atoms with Gasteiger partial charge in [0.25, 0.3) is 0 Å². The van der Waals surface area contributed by atoms with Crippen molar-refractivity contribution in [3.8, 4) is 22.6 Å². The van der Waals surface area contributed by atoms with E-state index in [9.17, 15) is 0 Å². The van der Waals surface area contributed by atoms with Crippen LogP contribution in [0, 0.1) is 0 Å². The first-order chi connectivity index (χ1) is 11.9. The first-order valence-electron chi connectivity index (χ1n) is 7.51. The molecule has 0 radical (unpaired) electrons. The molecular formula is C18H14N6. The third-order valence-corrected chi connectivity index (χ3v) is 3.51. The topological polar surface area (TPSA) is 79.4 Å². The lowest BCUT2D eigenvalue weighted by molar-refractivity contribution is 1.08. The summed E-state index contributed by atoms with van der Waals surface area (Å²) < 4.78 is 0. The summed E-state index contributed by atoms with van der Waals surface area (Å²) >= 11 is 0. The summed E-state index contributed by atoms with van der Waals surface area (Å²) in [6, 6.07) is 19.7. The minimum atomic E-state index is 0.522. The van der Waals surface area contributed by atoms with Crippen LogP contribution in [0.2, 0.25) is 0 Å². The lowest BCUT2D eigenvalue weighted by Crippen LogP contribution is -1.95. The highest BCUT2D eigenvalue weighted by molar-refractivity contribution is 5.67. The second-order valence-electron chi connectivity index (χ2n) is 5.16. The van der Waals surface area contributed by atoms with Crippen LogP contribution in [0.15, 0.2) is 73.1 Å². The zero-order valence-corrected chi connectivity index (χ0v) is 12.7. The number of rotatable bonds is 4. The molecule has 24 heavy (non-hydrogen) atoms. The molecule has 0 aliphatic carbocycles. The van der Waals surface area contributed by atoms with Crippen molar-refractivity contribution in [2.75, 3.05) is 5.32 Å². The Labute approximate surface area is 138 Å². The highest BCUT2D eigenvalue weighted by Gasteiger charge is 2.07. The van der Waals surface area contributed by atoms with Gasteiger partial charge in [0.05, 0.1) is 0 Å². The van der Waals surface area contributed by atoms with Gasteiger partial charge in [0.2, 0.25) is 5.95 Å². The Morgan fingerprint density at radius 2 is 1.62 bits per heavy atom. The van der Waals surface area contributed by atoms with Crippen LogP contribution in [-0.4, -0.2) is 25.1 Å². The molecule has 0 amide bonds. The first kappa shape index (κ1) is 14.1. The molecule has 0 saturated heterocycles. The molecule has 4 rings (SSSR count). The van der Waals surface area contributed by atoms with E-state index in [1.165, 1.54) is 0 Å². The van der Waals surface area contributed by atoms with E-state index in [2.05, 4.69) is 42.6 Å². The predicted molar refractivity (Wildman–Crippen MR) is 92.6 cm³/mol. The van der Waals surface area contributed by atoms with E-state index in [4.69, 9.17) is 0 Å². The number of nitrogens with zero attached hydrogens (tertiary/aromatic N) is 4. The molecule has 0 bridgehead atoms. The number of hydrogen-bond acceptors (Lipinski definition) is 5. The summed E-state index contributed by atoms with van der Waals surface area (Å²) in [5, 5.41) is 11.3. The van der Waals surface area contributed by atoms with Crippen LogP contribution in [0.1, 0.15) is 0 Å². The average molecular weight is 314 g/mol. The van der Waals surface area contributed by atoms with E-state index in [-0.39, 0.29) is 0 Å². The number of benzene rings is 1. The zero-order chi connectivity index (χ0) is 16.2. The molecule has 0 atom stereocenters. The van der Waals surface area contributed by atoms with Crippen molar-refractivity contribution >= 4 is 11.8 Å².